The van der Waals surface area contributed by atoms with Crippen molar-refractivity contribution in [2.75, 3.05) is 53.3 Å². The molecule has 0 spiro atoms. The van der Waals surface area contributed by atoms with E-state index in [1.165, 1.54) is 23.3 Å². The number of nitrogens with one attached hydrogen (secondary N) is 3. The Morgan fingerprint density at radius 2 is 1.47 bits per heavy atom. The summed E-state index contributed by atoms with van der Waals surface area (Å²) >= 11 is 1.54. The highest BCUT2D eigenvalue weighted by Crippen LogP contribution is 2.34. The van der Waals surface area contributed by atoms with Crippen molar-refractivity contribution in [2.45, 2.75) is 201 Å². The first-order valence-electron chi connectivity index (χ1n) is 32.8. The van der Waals surface area contributed by atoms with Crippen molar-refractivity contribution in [3.8, 4) is 0 Å². The van der Waals surface area contributed by atoms with Gasteiger partial charge < -0.3 is 55.4 Å². The van der Waals surface area contributed by atoms with Gasteiger partial charge in [0.25, 0.3) is 0 Å². The number of benzene rings is 2. The molecule has 11 atom stereocenters. The number of rotatable bonds is 42. The summed E-state index contributed by atoms with van der Waals surface area (Å²) in [6, 6.07) is 13.3. The zero-order valence-corrected chi connectivity index (χ0v) is 57.6. The number of nitrogens with zero attached hydrogens (tertiary/aromatic N) is 4. The molecule has 23 heteroatoms. The van der Waals surface area contributed by atoms with Crippen LogP contribution in [0, 0.1) is 41.4 Å². The molecule has 7 amide bonds. The lowest BCUT2D eigenvalue weighted by Crippen LogP contribution is -2.54. The predicted molar refractivity (Wildman–Crippen MR) is 356 cm³/mol. The zero-order valence-electron chi connectivity index (χ0n) is 56.8. The van der Waals surface area contributed by atoms with Crippen molar-refractivity contribution < 1.29 is 62.2 Å². The fourth-order valence-corrected chi connectivity index (χ4v) is 13.4. The molecule has 1 saturated heterocycles. The van der Waals surface area contributed by atoms with E-state index in [1.807, 2.05) is 90.8 Å². The number of urea groups is 1. The lowest BCUT2D eigenvalue weighted by molar-refractivity contribution is -0.149. The number of primary amides is 1. The minimum absolute atomic E-state index is 0.0300. The van der Waals surface area contributed by atoms with Crippen LogP contribution in [0.25, 0.3) is 0 Å². The van der Waals surface area contributed by atoms with E-state index in [2.05, 4.69) is 37.9 Å². The van der Waals surface area contributed by atoms with Gasteiger partial charge in [0.05, 0.1) is 54.4 Å². The fraction of sp³-hybridized carbons (Fsp3) is 0.652. The smallest absolute Gasteiger partial charge is 0.410 e. The normalized spacial score (nSPS) is 16.5. The number of hydrogen-bond acceptors (Lipinski definition) is 16. The van der Waals surface area contributed by atoms with E-state index < -0.39 is 66.1 Å². The molecule has 1 fully saturated rings. The Labute approximate surface area is 550 Å². The van der Waals surface area contributed by atoms with Gasteiger partial charge in [0.1, 0.15) is 12.4 Å². The summed E-state index contributed by atoms with van der Waals surface area (Å²) in [5, 5.41) is 11.1. The molecule has 0 radical (unpaired) electrons. The number of carbonyl (C=O) groups excluding carboxylic acids is 9. The van der Waals surface area contributed by atoms with Crippen LogP contribution in [0.4, 0.5) is 15.3 Å². The highest BCUT2D eigenvalue weighted by molar-refractivity contribution is 7.09. The second kappa shape index (κ2) is 39.8. The Kier molecular flexibility index (Phi) is 33.6. The van der Waals surface area contributed by atoms with Crippen LogP contribution < -0.4 is 27.6 Å². The average molecular weight is 1300 g/mol. The molecule has 1 aliphatic rings. The monoisotopic (exact) mass is 1300 g/mol. The van der Waals surface area contributed by atoms with Crippen molar-refractivity contribution in [1.82, 2.24) is 30.3 Å². The second-order valence-corrected chi connectivity index (χ2v) is 26.8. The SMILES string of the molecule is CC[C@H](C)[C@@H]([C@@H](CC(=O)N1CCC[C@H]1[C@H](OC)[C@@H](C)C(=O)C[C@@H](Cc1ccccc1)c1nccs1)OC)N(C)C(=O)[C@@H](CC(=O)[C@H](C(C)C)N(C)C(=O)OCc1ccc(NC(=O)[C@H](CCCNC(N)=O)CC(=O)[C@@H](NC(=O)CCCCCON)C(C)C)cc1)C(C)C. The molecule has 22 nitrogen and oxygen atoms in total. The minimum Gasteiger partial charge on any atom is -0.445 e. The van der Waals surface area contributed by atoms with E-state index in [-0.39, 0.29) is 122 Å². The number of ketones is 3. The maximum atomic E-state index is 14.9. The van der Waals surface area contributed by atoms with Crippen molar-refractivity contribution in [1.29, 1.82) is 0 Å². The average Bonchev–Trinajstić information content (AvgIpc) is 1.35. The summed E-state index contributed by atoms with van der Waals surface area (Å²) in [5.41, 5.74) is 7.37. The Morgan fingerprint density at radius 1 is 0.772 bits per heavy atom. The molecule has 512 valence electrons. The molecule has 0 aliphatic carbocycles. The van der Waals surface area contributed by atoms with Crippen LogP contribution in [0.2, 0.25) is 0 Å². The molecule has 0 bridgehead atoms. The van der Waals surface area contributed by atoms with Crippen molar-refractivity contribution in [2.24, 2.45) is 53.1 Å². The number of Topliss-reactive ketones (excluding diaryl/α,β-unsaturated/α-hetero) is 3. The number of amides is 7. The highest BCUT2D eigenvalue weighted by atomic mass is 32.1. The maximum absolute atomic E-state index is 14.9. The van der Waals surface area contributed by atoms with E-state index >= 15 is 0 Å². The van der Waals surface area contributed by atoms with Gasteiger partial charge in [-0.3, -0.25) is 33.6 Å². The molecule has 7 N–H and O–H groups in total. The van der Waals surface area contributed by atoms with Crippen LogP contribution in [0.1, 0.15) is 168 Å². The van der Waals surface area contributed by atoms with E-state index in [0.717, 1.165) is 23.4 Å². The van der Waals surface area contributed by atoms with E-state index in [0.29, 0.717) is 62.9 Å². The van der Waals surface area contributed by atoms with Crippen LogP contribution in [-0.2, 0) is 65.6 Å². The van der Waals surface area contributed by atoms with Crippen molar-refractivity contribution >= 4 is 70.1 Å². The van der Waals surface area contributed by atoms with Crippen LogP contribution >= 0.6 is 11.3 Å². The van der Waals surface area contributed by atoms with Crippen LogP contribution in [-0.4, -0.2) is 157 Å². The molecule has 1 aliphatic heterocycles. The van der Waals surface area contributed by atoms with Crippen molar-refractivity contribution in [3.05, 3.63) is 82.3 Å². The number of methoxy groups -OCH3 is 2. The lowest BCUT2D eigenvalue weighted by Gasteiger charge is -2.41. The molecule has 1 aromatic heterocycles. The van der Waals surface area contributed by atoms with Gasteiger partial charge >= 0.3 is 12.1 Å². The fourth-order valence-electron chi connectivity index (χ4n) is 12.6. The number of nitrogens with two attached hydrogens (primary N) is 2. The molecule has 0 saturated carbocycles. The summed E-state index contributed by atoms with van der Waals surface area (Å²) in [6.07, 6.45) is 5.21. The number of likely N-dealkylation sites (N-methyl/N-ethyl adjacent to an activating group) is 2. The summed E-state index contributed by atoms with van der Waals surface area (Å²) in [5.74, 6) is 0.114. The topological polar surface area (TPSA) is 301 Å². The van der Waals surface area contributed by atoms with Crippen molar-refractivity contribution in [3.63, 3.8) is 0 Å². The first-order valence-corrected chi connectivity index (χ1v) is 33.7. The van der Waals surface area contributed by atoms with Gasteiger partial charge in [0.2, 0.25) is 23.6 Å². The third-order valence-electron chi connectivity index (χ3n) is 18.1. The van der Waals surface area contributed by atoms with Gasteiger partial charge in [-0.05, 0) is 91.9 Å². The summed E-state index contributed by atoms with van der Waals surface area (Å²) < 4.78 is 18.0. The number of aromatic nitrogens is 1. The van der Waals surface area contributed by atoms with Gasteiger partial charge in [0, 0.05) is 108 Å². The van der Waals surface area contributed by atoms with Gasteiger partial charge in [-0.1, -0.05) is 118 Å². The predicted octanol–water partition coefficient (Wildman–Crippen LogP) is 9.43. The zero-order chi connectivity index (χ0) is 68.2. The number of likely N-dealkylation sites (tertiary alicyclic amines) is 1. The molecular weight excluding hydrogens is 1190 g/mol. The maximum Gasteiger partial charge on any atom is 0.410 e. The summed E-state index contributed by atoms with van der Waals surface area (Å²) in [7, 11) is 6.34. The standard InChI is InChI=1S/C69H107N9O13S/c1-14-46(8)63(58(88-12)41-60(83)78-34-22-26-54(78)64(89-13)47(9)55(79)39-51(66-72-33-36-92-66)37-48-23-17-15-18-24-48)76(10)67(85)53(43(2)3)40-57(81)62(45(6)7)77(11)69(87)90-42-49-28-30-52(31-29-49)74-65(84)50(25-21-32-73-68(70)86)38-56(80)61(44(4)5)75-59(82)27-19-16-20-35-91-71/h15,17-18,23-24,28-31,33,36,43-47,50-51,53-54,58,61-64H,14,16,19-22,25-27,32,34-35,37-42,71H2,1-13H3,(H,74,84)(H,75,82)(H3,70,73,86)/t46-,47-,50+,51+,53-,54-,58+,61-,62-,63-,64+/m0/s1. The number of carbonyl (C=O) groups is 9. The first-order chi connectivity index (χ1) is 43.8. The number of anilines is 1. The molecular formula is C69H107N9O13S. The van der Waals surface area contributed by atoms with Gasteiger partial charge in [-0.25, -0.2) is 20.5 Å². The summed E-state index contributed by atoms with van der Waals surface area (Å²) in [6.45, 7) is 17.9. The molecule has 92 heavy (non-hydrogen) atoms. The Hall–Kier alpha value is -6.66. The molecule has 3 aromatic rings. The van der Waals surface area contributed by atoms with E-state index in [4.69, 9.17) is 25.8 Å². The summed E-state index contributed by atoms with van der Waals surface area (Å²) in [4.78, 5) is 138. The van der Waals surface area contributed by atoms with Crippen LogP contribution in [0.15, 0.2) is 66.2 Å². The van der Waals surface area contributed by atoms with E-state index in [9.17, 15) is 43.2 Å². The van der Waals surface area contributed by atoms with Gasteiger partial charge in [0.15, 0.2) is 11.6 Å². The number of thiazole rings is 1. The lowest BCUT2D eigenvalue weighted by atomic mass is 9.83. The quantitative estimate of drug-likeness (QED) is 0.0261. The minimum atomic E-state index is -0.948. The van der Waals surface area contributed by atoms with Crippen LogP contribution in [0.3, 0.4) is 0 Å². The van der Waals surface area contributed by atoms with Gasteiger partial charge in [-0.2, -0.15) is 0 Å². The second-order valence-electron chi connectivity index (χ2n) is 25.8. The Bertz CT molecular complexity index is 2790. The van der Waals surface area contributed by atoms with Gasteiger partial charge in [-0.15, -0.1) is 11.3 Å². The third kappa shape index (κ3) is 24.0. The van der Waals surface area contributed by atoms with E-state index in [1.54, 1.807) is 56.6 Å². The molecule has 4 rings (SSSR count). The van der Waals surface area contributed by atoms with Crippen LogP contribution in [0.5, 0.6) is 0 Å². The molecule has 2 aromatic carbocycles. The highest BCUT2D eigenvalue weighted by Gasteiger charge is 2.44. The number of hydrogen-bond donors (Lipinski definition) is 5. The third-order valence-corrected chi connectivity index (χ3v) is 19.0. The largest absolute Gasteiger partial charge is 0.445 e. The first kappa shape index (κ1) is 77.8. The Morgan fingerprint density at radius 3 is 2.05 bits per heavy atom. The number of unbranched alkanes of at least 4 members (excludes halogenated alkanes) is 2. The molecule has 0 unspecified atom stereocenters. The Balaban J connectivity index is 1.40. The number of ether oxygens (including phenoxy) is 3. The molecule has 2 heterocycles.